The SMILES string of the molecule is CCO[Si](CCCN)(OCC)OCC.O=[Si]([O-])[O-].[Ca+2]. The van der Waals surface area contributed by atoms with Crippen LogP contribution in [0.25, 0.3) is 0 Å². The Kier molecular flexibility index (Phi) is 22.3. The molecule has 0 spiro atoms. The fourth-order valence-electron chi connectivity index (χ4n) is 1.32. The molecule has 10 heteroatoms. The molecule has 0 aliphatic heterocycles. The van der Waals surface area contributed by atoms with Crippen molar-refractivity contribution in [2.24, 2.45) is 5.73 Å². The predicted octanol–water partition coefficient (Wildman–Crippen LogP) is -1.87. The molecule has 0 radical (unpaired) electrons. The first kappa shape index (κ1) is 24.9. The van der Waals surface area contributed by atoms with Crippen molar-refractivity contribution < 1.29 is 27.3 Å². The van der Waals surface area contributed by atoms with Gasteiger partial charge < -0.3 is 33.1 Å². The molecule has 0 unspecified atom stereocenters. The van der Waals surface area contributed by atoms with Gasteiger partial charge in [0.1, 0.15) is 0 Å². The third-order valence-electron chi connectivity index (χ3n) is 1.78. The van der Waals surface area contributed by atoms with E-state index in [1.807, 2.05) is 20.8 Å². The van der Waals surface area contributed by atoms with E-state index < -0.39 is 18.0 Å². The van der Waals surface area contributed by atoms with E-state index in [9.17, 15) is 0 Å². The Labute approximate surface area is 147 Å². The van der Waals surface area contributed by atoms with Gasteiger partial charge in [-0.2, -0.15) is 0 Å². The summed E-state index contributed by atoms with van der Waals surface area (Å²) in [6.45, 7) is 8.44. The summed E-state index contributed by atoms with van der Waals surface area (Å²) < 4.78 is 25.5. The van der Waals surface area contributed by atoms with Gasteiger partial charge in [0.25, 0.3) is 0 Å². The van der Waals surface area contributed by atoms with Gasteiger partial charge in [-0.25, -0.2) is 0 Å². The summed E-state index contributed by atoms with van der Waals surface area (Å²) in [6.07, 6.45) is 0.895. The van der Waals surface area contributed by atoms with Crippen molar-refractivity contribution in [3.63, 3.8) is 0 Å². The monoisotopic (exact) mass is 337 g/mol. The van der Waals surface area contributed by atoms with E-state index in [1.54, 1.807) is 0 Å². The van der Waals surface area contributed by atoms with E-state index in [0.717, 1.165) is 12.5 Å². The molecule has 7 nitrogen and oxygen atoms in total. The van der Waals surface area contributed by atoms with Crippen LogP contribution in [0.1, 0.15) is 27.2 Å². The van der Waals surface area contributed by atoms with Gasteiger partial charge in [-0.05, 0) is 33.7 Å². The molecule has 0 saturated heterocycles. The van der Waals surface area contributed by atoms with Crippen LogP contribution < -0.4 is 15.3 Å². The quantitative estimate of drug-likeness (QED) is 0.490. The summed E-state index contributed by atoms with van der Waals surface area (Å²) in [6, 6.07) is 0.818. The maximum atomic E-state index is 8.52. The van der Waals surface area contributed by atoms with Gasteiger partial charge in [-0.3, -0.25) is 0 Å². The molecule has 0 bridgehead atoms. The third kappa shape index (κ3) is 16.9. The molecule has 0 heterocycles. The van der Waals surface area contributed by atoms with Crippen LogP contribution >= 0.6 is 0 Å². The smallest absolute Gasteiger partial charge is 0.672 e. The number of nitrogens with two attached hydrogens (primary N) is 1. The molecule has 0 atom stereocenters. The van der Waals surface area contributed by atoms with Crippen molar-refractivity contribution in [2.75, 3.05) is 26.4 Å². The van der Waals surface area contributed by atoms with Crippen LogP contribution in [-0.2, 0) is 17.7 Å². The number of rotatable bonds is 9. The molecular weight excluding hydrogens is 314 g/mol. The first-order valence-electron chi connectivity index (χ1n) is 5.97. The second-order valence-electron chi connectivity index (χ2n) is 3.12. The number of hydrogen-bond donors (Lipinski definition) is 1. The molecule has 0 aromatic carbocycles. The van der Waals surface area contributed by atoms with Crippen molar-refractivity contribution in [3.8, 4) is 0 Å². The van der Waals surface area contributed by atoms with Crippen molar-refractivity contribution in [1.29, 1.82) is 0 Å². The molecule has 0 aliphatic rings. The van der Waals surface area contributed by atoms with Gasteiger partial charge in [0.15, 0.2) is 0 Å². The average molecular weight is 338 g/mol. The zero-order chi connectivity index (χ0) is 14.4. The van der Waals surface area contributed by atoms with Gasteiger partial charge in [-0.1, -0.05) is 0 Å². The molecule has 19 heavy (non-hydrogen) atoms. The standard InChI is InChI=1S/C9H23NO3Si.Ca.O3Si/c1-4-11-14(12-5-2,13-6-3)9-7-8-10;;1-4(2)3/h4-10H2,1-3H3;;/q;+2;-2. The van der Waals surface area contributed by atoms with Gasteiger partial charge in [-0.15, -0.1) is 0 Å². The van der Waals surface area contributed by atoms with E-state index >= 15 is 0 Å². The van der Waals surface area contributed by atoms with E-state index in [2.05, 4.69) is 0 Å². The van der Waals surface area contributed by atoms with Crippen molar-refractivity contribution in [2.45, 2.75) is 33.2 Å². The van der Waals surface area contributed by atoms with Crippen molar-refractivity contribution in [1.82, 2.24) is 0 Å². The fraction of sp³-hybridized carbons (Fsp3) is 1.00. The van der Waals surface area contributed by atoms with E-state index in [4.69, 9.17) is 33.1 Å². The fourth-order valence-corrected chi connectivity index (χ4v) is 3.96. The maximum Gasteiger partial charge on any atom is 2.00 e. The van der Waals surface area contributed by atoms with Gasteiger partial charge >= 0.3 is 46.5 Å². The molecule has 110 valence electrons. The zero-order valence-corrected chi connectivity index (χ0v) is 16.2. The Balaban J connectivity index is -0.000000448. The molecule has 2 N–H and O–H groups in total. The van der Waals surface area contributed by atoms with Gasteiger partial charge in [0.05, 0.1) is 0 Å². The third-order valence-corrected chi connectivity index (χ3v) is 4.93. The van der Waals surface area contributed by atoms with Crippen LogP contribution in [0.3, 0.4) is 0 Å². The first-order chi connectivity index (χ1) is 8.47. The number of hydrogen-bond acceptors (Lipinski definition) is 7. The summed E-state index contributed by atoms with van der Waals surface area (Å²) in [5, 5.41) is 0. The minimum absolute atomic E-state index is 0. The second-order valence-corrected chi connectivity index (χ2v) is 6.36. The minimum atomic E-state index is -3.63. The van der Waals surface area contributed by atoms with E-state index in [-0.39, 0.29) is 37.7 Å². The van der Waals surface area contributed by atoms with Crippen LogP contribution in [0.5, 0.6) is 0 Å². The molecule has 0 aromatic rings. The van der Waals surface area contributed by atoms with Gasteiger partial charge in [0, 0.05) is 35.0 Å². The molecule has 0 rings (SSSR count). The summed E-state index contributed by atoms with van der Waals surface area (Å²) in [7, 11) is -6.03. The molecule has 0 saturated carbocycles. The van der Waals surface area contributed by atoms with Crippen LogP contribution in [-0.4, -0.2) is 82.1 Å². The normalized spacial score (nSPS) is 10.1. The summed E-state index contributed by atoms with van der Waals surface area (Å²) in [5.41, 5.74) is 5.48. The Morgan fingerprint density at radius 2 is 1.37 bits per heavy atom. The summed E-state index contributed by atoms with van der Waals surface area (Å²) in [5.74, 6) is 0. The van der Waals surface area contributed by atoms with Crippen LogP contribution in [0.4, 0.5) is 0 Å². The Morgan fingerprint density at radius 3 is 1.58 bits per heavy atom. The second kappa shape index (κ2) is 17.0. The molecule has 0 amide bonds. The maximum absolute atomic E-state index is 8.52. The topological polar surface area (TPSA) is 117 Å². The Hall–Kier alpha value is 0.934. The van der Waals surface area contributed by atoms with Crippen LogP contribution in [0.15, 0.2) is 0 Å². The van der Waals surface area contributed by atoms with Crippen LogP contribution in [0, 0.1) is 0 Å². The van der Waals surface area contributed by atoms with Gasteiger partial charge in [0.2, 0.25) is 0 Å². The summed E-state index contributed by atoms with van der Waals surface area (Å²) >= 11 is 0. The molecular formula is C9H23CaNO6Si2. The van der Waals surface area contributed by atoms with E-state index in [0.29, 0.717) is 26.4 Å². The molecule has 0 aromatic heterocycles. The molecule has 0 aliphatic carbocycles. The van der Waals surface area contributed by atoms with E-state index in [1.165, 1.54) is 0 Å². The first-order valence-corrected chi connectivity index (χ1v) is 9.13. The Morgan fingerprint density at radius 1 is 1.05 bits per heavy atom. The molecule has 0 fully saturated rings. The Bertz CT molecular complexity index is 192. The zero-order valence-electron chi connectivity index (χ0n) is 12.0. The summed E-state index contributed by atoms with van der Waals surface area (Å²) in [4.78, 5) is 17.0. The van der Waals surface area contributed by atoms with Crippen molar-refractivity contribution in [3.05, 3.63) is 0 Å². The van der Waals surface area contributed by atoms with Crippen LogP contribution in [0.2, 0.25) is 6.04 Å². The minimum Gasteiger partial charge on any atom is -0.672 e. The largest absolute Gasteiger partial charge is 2.00 e. The average Bonchev–Trinajstić information content (AvgIpc) is 2.27. The predicted molar refractivity (Wildman–Crippen MR) is 71.3 cm³/mol. The van der Waals surface area contributed by atoms with Crippen molar-refractivity contribution >= 4 is 55.7 Å².